The van der Waals surface area contributed by atoms with E-state index in [0.29, 0.717) is 5.82 Å². The number of nitrogens with zero attached hydrogens (tertiary/aromatic N) is 2. The van der Waals surface area contributed by atoms with Crippen molar-refractivity contribution in [2.45, 2.75) is 20.3 Å². The minimum atomic E-state index is -2.37. The van der Waals surface area contributed by atoms with Gasteiger partial charge in [-0.3, -0.25) is 0 Å². The Labute approximate surface area is 75.2 Å². The Morgan fingerprint density at radius 1 is 1.38 bits per heavy atom. The number of aryl methyl sites for hydroxylation is 1. The lowest BCUT2D eigenvalue weighted by Gasteiger charge is -2.08. The quantitative estimate of drug-likeness (QED) is 0.783. The summed E-state index contributed by atoms with van der Waals surface area (Å²) in [5, 5.41) is 2.55. The van der Waals surface area contributed by atoms with E-state index in [2.05, 4.69) is 15.3 Å². The number of hydrogen-bond donors (Lipinski definition) is 1. The fourth-order valence-electron chi connectivity index (χ4n) is 0.890. The van der Waals surface area contributed by atoms with Crippen LogP contribution in [0.1, 0.15) is 11.3 Å². The van der Waals surface area contributed by atoms with Crippen molar-refractivity contribution in [3.63, 3.8) is 0 Å². The second-order valence-corrected chi connectivity index (χ2v) is 2.70. The second kappa shape index (κ2) is 4.11. The number of aromatic nitrogens is 2. The summed E-state index contributed by atoms with van der Waals surface area (Å²) in [6, 6.07) is 0. The maximum atomic E-state index is 11.8. The van der Waals surface area contributed by atoms with Crippen LogP contribution in [0.25, 0.3) is 0 Å². The van der Waals surface area contributed by atoms with E-state index < -0.39 is 6.43 Å². The molecule has 0 radical (unpaired) electrons. The van der Waals surface area contributed by atoms with Crippen LogP contribution in [0.15, 0.2) is 6.33 Å². The predicted molar refractivity (Wildman–Crippen MR) is 46.0 cm³/mol. The molecule has 0 aliphatic rings. The zero-order valence-electron chi connectivity index (χ0n) is 7.51. The highest BCUT2D eigenvalue weighted by Crippen LogP contribution is 2.12. The van der Waals surface area contributed by atoms with Gasteiger partial charge in [0.15, 0.2) is 0 Å². The van der Waals surface area contributed by atoms with Gasteiger partial charge < -0.3 is 5.32 Å². The summed E-state index contributed by atoms with van der Waals surface area (Å²) in [6.07, 6.45) is -1.01. The van der Waals surface area contributed by atoms with Gasteiger partial charge in [-0.05, 0) is 13.8 Å². The summed E-state index contributed by atoms with van der Waals surface area (Å²) < 4.78 is 23.7. The first-order valence-electron chi connectivity index (χ1n) is 3.91. The molecule has 5 heteroatoms. The number of anilines is 1. The number of rotatable bonds is 3. The Hall–Kier alpha value is -1.26. The molecule has 1 aromatic rings. The van der Waals surface area contributed by atoms with E-state index in [4.69, 9.17) is 0 Å². The van der Waals surface area contributed by atoms with Crippen LogP contribution in [-0.2, 0) is 0 Å². The molecule has 72 valence electrons. The van der Waals surface area contributed by atoms with Crippen molar-refractivity contribution in [3.05, 3.63) is 17.6 Å². The monoisotopic (exact) mass is 187 g/mol. The van der Waals surface area contributed by atoms with Crippen molar-refractivity contribution >= 4 is 5.82 Å². The van der Waals surface area contributed by atoms with Crippen LogP contribution >= 0.6 is 0 Å². The smallest absolute Gasteiger partial charge is 0.255 e. The molecule has 1 heterocycles. The topological polar surface area (TPSA) is 37.8 Å². The Morgan fingerprint density at radius 3 is 2.69 bits per heavy atom. The molecule has 0 aromatic carbocycles. The molecule has 0 spiro atoms. The molecule has 1 aromatic heterocycles. The highest BCUT2D eigenvalue weighted by atomic mass is 19.3. The molecule has 1 N–H and O–H groups in total. The van der Waals surface area contributed by atoms with Crippen LogP contribution in [0.5, 0.6) is 0 Å². The van der Waals surface area contributed by atoms with Crippen molar-refractivity contribution in [2.24, 2.45) is 0 Å². The summed E-state index contributed by atoms with van der Waals surface area (Å²) in [7, 11) is 0. The standard InChI is InChI=1S/C8H11F2N3/c1-5-6(2)12-4-13-8(5)11-3-7(9)10/h4,7H,3H2,1-2H3,(H,11,12,13). The molecule has 0 bridgehead atoms. The van der Waals surface area contributed by atoms with Gasteiger partial charge in [-0.25, -0.2) is 18.7 Å². The number of halogens is 2. The minimum absolute atomic E-state index is 0.378. The molecule has 1 rings (SSSR count). The van der Waals surface area contributed by atoms with E-state index in [1.54, 1.807) is 6.92 Å². The van der Waals surface area contributed by atoms with Gasteiger partial charge in [0.25, 0.3) is 6.43 Å². The Morgan fingerprint density at radius 2 is 2.08 bits per heavy atom. The van der Waals surface area contributed by atoms with E-state index in [0.717, 1.165) is 11.3 Å². The molecule has 0 fully saturated rings. The molecule has 0 atom stereocenters. The van der Waals surface area contributed by atoms with E-state index >= 15 is 0 Å². The van der Waals surface area contributed by atoms with E-state index in [-0.39, 0.29) is 6.54 Å². The molecule has 13 heavy (non-hydrogen) atoms. The highest BCUT2D eigenvalue weighted by molar-refractivity contribution is 5.44. The molecule has 0 aliphatic heterocycles. The van der Waals surface area contributed by atoms with E-state index in [1.165, 1.54) is 6.33 Å². The van der Waals surface area contributed by atoms with Gasteiger partial charge >= 0.3 is 0 Å². The third-order valence-corrected chi connectivity index (χ3v) is 1.76. The maximum absolute atomic E-state index is 11.8. The zero-order chi connectivity index (χ0) is 9.84. The van der Waals surface area contributed by atoms with Gasteiger partial charge in [0.2, 0.25) is 0 Å². The number of nitrogens with one attached hydrogen (secondary N) is 1. The molecular weight excluding hydrogens is 176 g/mol. The van der Waals surface area contributed by atoms with Gasteiger partial charge in [-0.2, -0.15) is 0 Å². The summed E-state index contributed by atoms with van der Waals surface area (Å²) in [6.45, 7) is 3.23. The van der Waals surface area contributed by atoms with Crippen molar-refractivity contribution in [1.29, 1.82) is 0 Å². The van der Waals surface area contributed by atoms with Gasteiger partial charge in [-0.1, -0.05) is 0 Å². The first-order chi connectivity index (χ1) is 6.11. The largest absolute Gasteiger partial charge is 0.364 e. The fraction of sp³-hybridized carbons (Fsp3) is 0.500. The zero-order valence-corrected chi connectivity index (χ0v) is 7.51. The fourth-order valence-corrected chi connectivity index (χ4v) is 0.890. The van der Waals surface area contributed by atoms with Crippen LogP contribution in [0.4, 0.5) is 14.6 Å². The first kappa shape index (κ1) is 9.83. The number of hydrogen-bond acceptors (Lipinski definition) is 3. The van der Waals surface area contributed by atoms with Crippen molar-refractivity contribution in [3.8, 4) is 0 Å². The average molecular weight is 187 g/mol. The lowest BCUT2D eigenvalue weighted by molar-refractivity contribution is 0.163. The SMILES string of the molecule is Cc1ncnc(NCC(F)F)c1C. The van der Waals surface area contributed by atoms with Crippen molar-refractivity contribution < 1.29 is 8.78 Å². The molecule has 0 unspecified atom stereocenters. The molecule has 0 saturated carbocycles. The Bertz CT molecular complexity index is 289. The molecule has 3 nitrogen and oxygen atoms in total. The normalized spacial score (nSPS) is 10.5. The summed E-state index contributed by atoms with van der Waals surface area (Å²) in [4.78, 5) is 7.78. The predicted octanol–water partition coefficient (Wildman–Crippen LogP) is 1.77. The highest BCUT2D eigenvalue weighted by Gasteiger charge is 2.06. The second-order valence-electron chi connectivity index (χ2n) is 2.70. The van der Waals surface area contributed by atoms with E-state index in [9.17, 15) is 8.78 Å². The lowest BCUT2D eigenvalue weighted by Crippen LogP contribution is -2.12. The van der Waals surface area contributed by atoms with Gasteiger partial charge in [-0.15, -0.1) is 0 Å². The summed E-state index contributed by atoms with van der Waals surface area (Å²) in [5.74, 6) is 0.479. The van der Waals surface area contributed by atoms with Crippen LogP contribution in [0.2, 0.25) is 0 Å². The number of alkyl halides is 2. The third-order valence-electron chi connectivity index (χ3n) is 1.76. The van der Waals surface area contributed by atoms with Crippen LogP contribution < -0.4 is 5.32 Å². The lowest BCUT2D eigenvalue weighted by atomic mass is 10.2. The molecule has 0 aliphatic carbocycles. The van der Waals surface area contributed by atoms with Gasteiger partial charge in [0.1, 0.15) is 12.1 Å². The Balaban J connectivity index is 2.71. The molecule has 0 amide bonds. The molecule has 0 saturated heterocycles. The maximum Gasteiger partial charge on any atom is 0.255 e. The summed E-state index contributed by atoms with van der Waals surface area (Å²) >= 11 is 0. The average Bonchev–Trinajstić information content (AvgIpc) is 2.07. The van der Waals surface area contributed by atoms with Crippen LogP contribution in [-0.4, -0.2) is 22.9 Å². The van der Waals surface area contributed by atoms with Crippen LogP contribution in [0.3, 0.4) is 0 Å². The van der Waals surface area contributed by atoms with E-state index in [1.807, 2.05) is 6.92 Å². The Kier molecular flexibility index (Phi) is 3.11. The molecular formula is C8H11F2N3. The first-order valence-corrected chi connectivity index (χ1v) is 3.91. The van der Waals surface area contributed by atoms with Crippen molar-refractivity contribution in [1.82, 2.24) is 9.97 Å². The van der Waals surface area contributed by atoms with Gasteiger partial charge in [0.05, 0.1) is 6.54 Å². The van der Waals surface area contributed by atoms with Crippen molar-refractivity contribution in [2.75, 3.05) is 11.9 Å². The van der Waals surface area contributed by atoms with Gasteiger partial charge in [0, 0.05) is 11.3 Å². The third kappa shape index (κ3) is 2.61. The summed E-state index contributed by atoms with van der Waals surface area (Å²) in [5.41, 5.74) is 1.61. The minimum Gasteiger partial charge on any atom is -0.364 e. The van der Waals surface area contributed by atoms with Crippen LogP contribution in [0, 0.1) is 13.8 Å².